The Labute approximate surface area is 218 Å². The maximum atomic E-state index is 14.5. The molecule has 2 aromatic carbocycles. The molecule has 1 aliphatic heterocycles. The summed E-state index contributed by atoms with van der Waals surface area (Å²) < 4.78 is 21.7. The first-order valence-electron chi connectivity index (χ1n) is 12.6. The normalized spacial score (nSPS) is 15.3. The molecule has 194 valence electrons. The lowest BCUT2D eigenvalue weighted by molar-refractivity contribution is 0.199. The van der Waals surface area contributed by atoms with Crippen LogP contribution >= 0.6 is 0 Å². The molecule has 1 fully saturated rings. The van der Waals surface area contributed by atoms with Gasteiger partial charge >= 0.3 is 0 Å². The van der Waals surface area contributed by atoms with Crippen LogP contribution in [0, 0.1) is 19.7 Å². The van der Waals surface area contributed by atoms with Gasteiger partial charge in [0, 0.05) is 37.3 Å². The van der Waals surface area contributed by atoms with E-state index in [0.717, 1.165) is 22.0 Å². The molecule has 4 heterocycles. The Morgan fingerprint density at radius 2 is 1.82 bits per heavy atom. The van der Waals surface area contributed by atoms with E-state index in [0.29, 0.717) is 55.6 Å². The smallest absolute Gasteiger partial charge is 0.253 e. The van der Waals surface area contributed by atoms with Crippen LogP contribution < -0.4 is 10.5 Å². The molecule has 9 nitrogen and oxygen atoms in total. The first-order valence-corrected chi connectivity index (χ1v) is 12.6. The van der Waals surface area contributed by atoms with Crippen molar-refractivity contribution in [1.82, 2.24) is 30.1 Å². The molecule has 1 atom stereocenters. The van der Waals surface area contributed by atoms with Gasteiger partial charge in [-0.2, -0.15) is 0 Å². The molecular formula is C28H28FN7O2. The summed E-state index contributed by atoms with van der Waals surface area (Å²) in [6.07, 6.45) is 1.61. The summed E-state index contributed by atoms with van der Waals surface area (Å²) in [7, 11) is 0. The maximum Gasteiger partial charge on any atom is 0.253 e. The number of hydrogen-bond acceptors (Lipinski definition) is 7. The van der Waals surface area contributed by atoms with Gasteiger partial charge in [0.05, 0.1) is 12.0 Å². The summed E-state index contributed by atoms with van der Waals surface area (Å²) in [5.74, 6) is 1.02. The van der Waals surface area contributed by atoms with Gasteiger partial charge in [-0.1, -0.05) is 12.1 Å². The average molecular weight is 514 g/mol. The van der Waals surface area contributed by atoms with Crippen LogP contribution in [0.25, 0.3) is 10.9 Å². The second-order valence-electron chi connectivity index (χ2n) is 9.73. The first-order chi connectivity index (χ1) is 18.5. The third-order valence-corrected chi connectivity index (χ3v) is 7.34. The van der Waals surface area contributed by atoms with Crippen molar-refractivity contribution >= 4 is 16.6 Å². The number of rotatable bonds is 6. The van der Waals surface area contributed by atoms with Crippen LogP contribution in [0.4, 0.5) is 10.1 Å². The van der Waals surface area contributed by atoms with Gasteiger partial charge in [-0.25, -0.2) is 9.07 Å². The van der Waals surface area contributed by atoms with Crippen LogP contribution in [0.5, 0.6) is 0 Å². The Morgan fingerprint density at radius 1 is 1.03 bits per heavy atom. The number of H-pyrrole nitrogens is 1. The topological polar surface area (TPSA) is 96.1 Å². The highest BCUT2D eigenvalue weighted by Gasteiger charge is 2.33. The fraction of sp³-hybridized carbons (Fsp3) is 0.286. The lowest BCUT2D eigenvalue weighted by Gasteiger charge is -2.39. The second kappa shape index (κ2) is 9.86. The first kappa shape index (κ1) is 24.1. The number of furan rings is 1. The van der Waals surface area contributed by atoms with E-state index in [1.807, 2.05) is 42.2 Å². The van der Waals surface area contributed by atoms with E-state index in [2.05, 4.69) is 38.4 Å². The monoisotopic (exact) mass is 513 g/mol. The maximum absolute atomic E-state index is 14.5. The molecule has 0 saturated carbocycles. The number of halogens is 1. The van der Waals surface area contributed by atoms with Gasteiger partial charge in [-0.15, -0.1) is 5.10 Å². The van der Waals surface area contributed by atoms with Crippen LogP contribution in [-0.2, 0) is 6.54 Å². The van der Waals surface area contributed by atoms with E-state index in [4.69, 9.17) is 4.42 Å². The molecule has 6 rings (SSSR count). The highest BCUT2D eigenvalue weighted by molar-refractivity contribution is 5.81. The van der Waals surface area contributed by atoms with E-state index in [-0.39, 0.29) is 11.4 Å². The Morgan fingerprint density at radius 3 is 2.58 bits per heavy atom. The Kier molecular flexibility index (Phi) is 6.24. The lowest BCUT2D eigenvalue weighted by atomic mass is 10.00. The SMILES string of the molecule is Cc1cc2cc([C@H](c3nnnn3Cc3ccco3)N3CCN(c4ccccc4F)CC3)c(=O)[nH]c2cc1C. The molecule has 1 saturated heterocycles. The predicted molar refractivity (Wildman–Crippen MR) is 142 cm³/mol. The van der Waals surface area contributed by atoms with Crippen molar-refractivity contribution in [3.8, 4) is 0 Å². The van der Waals surface area contributed by atoms with Crippen molar-refractivity contribution in [2.24, 2.45) is 0 Å². The van der Waals surface area contributed by atoms with Gasteiger partial charge in [0.15, 0.2) is 5.82 Å². The highest BCUT2D eigenvalue weighted by Crippen LogP contribution is 2.30. The standard InChI is InChI=1S/C28H28FN7O2/c1-18-14-20-16-22(28(37)30-24(20)15-19(18)2)26(27-31-32-33-36(27)17-21-6-5-13-38-21)35-11-9-34(10-12-35)25-8-4-3-7-23(25)29/h3-8,13-16,26H,9-12,17H2,1-2H3,(H,30,37)/t26-/m1/s1. The molecule has 0 bridgehead atoms. The minimum atomic E-state index is -0.502. The van der Waals surface area contributed by atoms with Gasteiger partial charge in [-0.3, -0.25) is 9.69 Å². The number of pyridine rings is 1. The number of aromatic nitrogens is 5. The Bertz CT molecular complexity index is 1640. The largest absolute Gasteiger partial charge is 0.467 e. The van der Waals surface area contributed by atoms with Gasteiger partial charge < -0.3 is 14.3 Å². The molecule has 3 aromatic heterocycles. The number of para-hydroxylation sites is 1. The molecule has 0 amide bonds. The molecular weight excluding hydrogens is 485 g/mol. The summed E-state index contributed by atoms with van der Waals surface area (Å²) in [4.78, 5) is 20.8. The number of aromatic amines is 1. The van der Waals surface area contributed by atoms with E-state index >= 15 is 0 Å². The zero-order valence-corrected chi connectivity index (χ0v) is 21.3. The molecule has 1 aliphatic rings. The molecule has 0 unspecified atom stereocenters. The molecule has 10 heteroatoms. The van der Waals surface area contributed by atoms with Gasteiger partial charge in [0.1, 0.15) is 24.2 Å². The zero-order valence-electron chi connectivity index (χ0n) is 21.3. The molecule has 0 spiro atoms. The number of fused-ring (bicyclic) bond motifs is 1. The number of benzene rings is 2. The summed E-state index contributed by atoms with van der Waals surface area (Å²) in [6, 6.07) is 16.0. The summed E-state index contributed by atoms with van der Waals surface area (Å²) in [6.45, 7) is 6.81. The number of anilines is 1. The van der Waals surface area contributed by atoms with E-state index in [1.54, 1.807) is 23.1 Å². The van der Waals surface area contributed by atoms with Crippen molar-refractivity contribution < 1.29 is 8.81 Å². The highest BCUT2D eigenvalue weighted by atomic mass is 19.1. The van der Waals surface area contributed by atoms with Crippen LogP contribution in [0.15, 0.2) is 70.1 Å². The fourth-order valence-electron chi connectivity index (χ4n) is 5.20. The van der Waals surface area contributed by atoms with Crippen LogP contribution in [0.1, 0.15) is 34.3 Å². The predicted octanol–water partition coefficient (Wildman–Crippen LogP) is 3.82. The number of aryl methyl sites for hydroxylation is 2. The van der Waals surface area contributed by atoms with E-state index in [1.165, 1.54) is 6.07 Å². The summed E-state index contributed by atoms with van der Waals surface area (Å²) >= 11 is 0. The third kappa shape index (κ3) is 4.47. The molecule has 5 aromatic rings. The molecule has 1 N–H and O–H groups in total. The molecule has 0 radical (unpaired) electrons. The fourth-order valence-corrected chi connectivity index (χ4v) is 5.20. The third-order valence-electron chi connectivity index (χ3n) is 7.34. The van der Waals surface area contributed by atoms with Gasteiger partial charge in [0.2, 0.25) is 0 Å². The van der Waals surface area contributed by atoms with Gasteiger partial charge in [-0.05, 0) is 83.3 Å². The lowest BCUT2D eigenvalue weighted by Crippen LogP contribution is -2.49. The van der Waals surface area contributed by atoms with Crippen LogP contribution in [0.3, 0.4) is 0 Å². The molecule has 38 heavy (non-hydrogen) atoms. The summed E-state index contributed by atoms with van der Waals surface area (Å²) in [5.41, 5.74) is 4.02. The Balaban J connectivity index is 1.40. The number of hydrogen-bond donors (Lipinski definition) is 1. The minimum Gasteiger partial charge on any atom is -0.467 e. The van der Waals surface area contributed by atoms with Crippen molar-refractivity contribution in [2.75, 3.05) is 31.1 Å². The van der Waals surface area contributed by atoms with E-state index < -0.39 is 6.04 Å². The number of nitrogens with one attached hydrogen (secondary N) is 1. The van der Waals surface area contributed by atoms with Gasteiger partial charge in [0.25, 0.3) is 5.56 Å². The second-order valence-corrected chi connectivity index (χ2v) is 9.73. The van der Waals surface area contributed by atoms with Crippen LogP contribution in [0.2, 0.25) is 0 Å². The quantitative estimate of drug-likeness (QED) is 0.369. The van der Waals surface area contributed by atoms with E-state index in [9.17, 15) is 9.18 Å². The average Bonchev–Trinajstić information content (AvgIpc) is 3.60. The summed E-state index contributed by atoms with van der Waals surface area (Å²) in [5, 5.41) is 13.5. The number of nitrogens with zero attached hydrogens (tertiary/aromatic N) is 6. The van der Waals surface area contributed by atoms with Crippen LogP contribution in [-0.4, -0.2) is 56.3 Å². The van der Waals surface area contributed by atoms with Crippen molar-refractivity contribution in [3.63, 3.8) is 0 Å². The van der Waals surface area contributed by atoms with Crippen molar-refractivity contribution in [1.29, 1.82) is 0 Å². The minimum absolute atomic E-state index is 0.185. The molecule has 0 aliphatic carbocycles. The Hall–Kier alpha value is -4.31. The zero-order chi connectivity index (χ0) is 26.2. The van der Waals surface area contributed by atoms with Crippen molar-refractivity contribution in [3.05, 3.63) is 105 Å². The number of tetrazole rings is 1. The van der Waals surface area contributed by atoms with Crippen molar-refractivity contribution in [2.45, 2.75) is 26.4 Å². The number of piperazine rings is 1.